The Labute approximate surface area is 112 Å². The Bertz CT molecular complexity index is 337. The molecule has 7 heteroatoms. The monoisotopic (exact) mass is 274 g/mol. The standard InChI is InChI=1S/C12H22N2O5/c1-11(2,18-3)8-13-10(17)14-12(9(15)16)4-6-19-7-5-12/h4-8H2,1-3H3,(H,15,16)(H2,13,14,17). The van der Waals surface area contributed by atoms with Gasteiger partial charge in [0.2, 0.25) is 0 Å². The fourth-order valence-electron chi connectivity index (χ4n) is 1.74. The van der Waals surface area contributed by atoms with Gasteiger partial charge in [-0.3, -0.25) is 0 Å². The Balaban J connectivity index is 2.55. The first-order chi connectivity index (χ1) is 8.81. The van der Waals surface area contributed by atoms with Gasteiger partial charge in [0.05, 0.1) is 5.60 Å². The van der Waals surface area contributed by atoms with Crippen LogP contribution in [0.1, 0.15) is 26.7 Å². The number of methoxy groups -OCH3 is 1. The minimum Gasteiger partial charge on any atom is -0.480 e. The van der Waals surface area contributed by atoms with Crippen molar-refractivity contribution in [3.63, 3.8) is 0 Å². The molecule has 7 nitrogen and oxygen atoms in total. The highest BCUT2D eigenvalue weighted by Gasteiger charge is 2.41. The maximum absolute atomic E-state index is 11.8. The third-order valence-corrected chi connectivity index (χ3v) is 3.34. The number of hydrogen-bond donors (Lipinski definition) is 3. The largest absolute Gasteiger partial charge is 0.480 e. The zero-order valence-electron chi connectivity index (χ0n) is 11.6. The van der Waals surface area contributed by atoms with Gasteiger partial charge in [0.25, 0.3) is 0 Å². The van der Waals surface area contributed by atoms with Crippen molar-refractivity contribution in [1.82, 2.24) is 10.6 Å². The number of urea groups is 1. The van der Waals surface area contributed by atoms with E-state index in [2.05, 4.69) is 10.6 Å². The van der Waals surface area contributed by atoms with E-state index in [-0.39, 0.29) is 12.8 Å². The lowest BCUT2D eigenvalue weighted by molar-refractivity contribution is -0.148. The number of carbonyl (C=O) groups is 2. The fourth-order valence-corrected chi connectivity index (χ4v) is 1.74. The molecule has 1 heterocycles. The molecular formula is C12H22N2O5. The van der Waals surface area contributed by atoms with Crippen molar-refractivity contribution in [2.24, 2.45) is 0 Å². The van der Waals surface area contributed by atoms with Gasteiger partial charge in [-0.2, -0.15) is 0 Å². The first-order valence-electron chi connectivity index (χ1n) is 6.24. The van der Waals surface area contributed by atoms with E-state index >= 15 is 0 Å². The van der Waals surface area contributed by atoms with Crippen LogP contribution in [0, 0.1) is 0 Å². The first-order valence-corrected chi connectivity index (χ1v) is 6.24. The summed E-state index contributed by atoms with van der Waals surface area (Å²) in [6.45, 7) is 4.61. The lowest BCUT2D eigenvalue weighted by Crippen LogP contribution is -2.60. The molecule has 0 unspecified atom stereocenters. The molecule has 0 aliphatic carbocycles. The smallest absolute Gasteiger partial charge is 0.329 e. The molecule has 0 bridgehead atoms. The molecule has 0 spiro atoms. The van der Waals surface area contributed by atoms with Gasteiger partial charge >= 0.3 is 12.0 Å². The molecule has 0 aromatic heterocycles. The van der Waals surface area contributed by atoms with Gasteiger partial charge in [0, 0.05) is 39.7 Å². The van der Waals surface area contributed by atoms with Crippen molar-refractivity contribution in [1.29, 1.82) is 0 Å². The predicted octanol–water partition coefficient (Wildman–Crippen LogP) is 0.344. The Hall–Kier alpha value is -1.34. The van der Waals surface area contributed by atoms with Crippen LogP contribution in [-0.4, -0.2) is 55.1 Å². The number of carboxylic acids is 1. The second-order valence-electron chi connectivity index (χ2n) is 5.27. The highest BCUT2D eigenvalue weighted by atomic mass is 16.5. The van der Waals surface area contributed by atoms with E-state index in [4.69, 9.17) is 9.47 Å². The van der Waals surface area contributed by atoms with E-state index in [9.17, 15) is 14.7 Å². The lowest BCUT2D eigenvalue weighted by Gasteiger charge is -2.34. The maximum Gasteiger partial charge on any atom is 0.329 e. The summed E-state index contributed by atoms with van der Waals surface area (Å²) >= 11 is 0. The van der Waals surface area contributed by atoms with Crippen LogP contribution in [0.25, 0.3) is 0 Å². The Kier molecular flexibility index (Phi) is 5.13. The number of amides is 2. The summed E-state index contributed by atoms with van der Waals surface area (Å²) in [6.07, 6.45) is 0.535. The quantitative estimate of drug-likeness (QED) is 0.672. The molecule has 0 radical (unpaired) electrons. The molecule has 1 fully saturated rings. The number of ether oxygens (including phenoxy) is 2. The van der Waals surface area contributed by atoms with Crippen LogP contribution in [0.15, 0.2) is 0 Å². The molecule has 2 amide bonds. The van der Waals surface area contributed by atoms with E-state index in [0.717, 1.165) is 0 Å². The number of carboxylic acid groups (broad SMARTS) is 1. The van der Waals surface area contributed by atoms with E-state index in [1.165, 1.54) is 0 Å². The average molecular weight is 274 g/mol. The summed E-state index contributed by atoms with van der Waals surface area (Å²) in [5.74, 6) is -1.03. The molecule has 3 N–H and O–H groups in total. The number of hydrogen-bond acceptors (Lipinski definition) is 4. The SMILES string of the molecule is COC(C)(C)CNC(=O)NC1(C(=O)O)CCOCC1. The van der Waals surface area contributed by atoms with Crippen LogP contribution in [0.3, 0.4) is 0 Å². The van der Waals surface area contributed by atoms with Crippen LogP contribution in [0.5, 0.6) is 0 Å². The van der Waals surface area contributed by atoms with Crippen molar-refractivity contribution >= 4 is 12.0 Å². The van der Waals surface area contributed by atoms with Crippen LogP contribution in [-0.2, 0) is 14.3 Å². The molecule has 0 atom stereocenters. The minimum atomic E-state index is -1.24. The summed E-state index contributed by atoms with van der Waals surface area (Å²) in [5.41, 5.74) is -1.73. The third kappa shape index (κ3) is 4.36. The number of nitrogens with one attached hydrogen (secondary N) is 2. The number of rotatable bonds is 5. The van der Waals surface area contributed by atoms with Gasteiger partial charge in [-0.15, -0.1) is 0 Å². The lowest BCUT2D eigenvalue weighted by atomic mass is 9.90. The van der Waals surface area contributed by atoms with E-state index in [1.807, 2.05) is 13.8 Å². The number of aliphatic carboxylic acids is 1. The maximum atomic E-state index is 11.8. The summed E-state index contributed by atoms with van der Waals surface area (Å²) in [4.78, 5) is 23.1. The second-order valence-corrected chi connectivity index (χ2v) is 5.27. The van der Waals surface area contributed by atoms with Crippen LogP contribution in [0.4, 0.5) is 4.79 Å². The topological polar surface area (TPSA) is 96.9 Å². The molecule has 110 valence electrons. The van der Waals surface area contributed by atoms with E-state index < -0.39 is 23.1 Å². The van der Waals surface area contributed by atoms with Crippen LogP contribution < -0.4 is 10.6 Å². The first kappa shape index (κ1) is 15.7. The molecular weight excluding hydrogens is 252 g/mol. The average Bonchev–Trinajstić information content (AvgIpc) is 2.37. The van der Waals surface area contributed by atoms with Gasteiger partial charge in [-0.25, -0.2) is 9.59 Å². The molecule has 1 aliphatic rings. The predicted molar refractivity (Wildman–Crippen MR) is 68.0 cm³/mol. The molecule has 19 heavy (non-hydrogen) atoms. The summed E-state index contributed by atoms with van der Waals surface area (Å²) < 4.78 is 10.3. The zero-order chi connectivity index (χ0) is 14.5. The van der Waals surface area contributed by atoms with E-state index in [0.29, 0.717) is 19.8 Å². The molecule has 1 rings (SSSR count). The van der Waals surface area contributed by atoms with Crippen molar-refractivity contribution in [3.8, 4) is 0 Å². The normalized spacial score (nSPS) is 18.7. The van der Waals surface area contributed by atoms with Crippen LogP contribution in [0.2, 0.25) is 0 Å². The van der Waals surface area contributed by atoms with Gasteiger partial charge in [0.1, 0.15) is 5.54 Å². The summed E-state index contributed by atoms with van der Waals surface area (Å²) in [6, 6.07) is -0.505. The van der Waals surface area contributed by atoms with Crippen molar-refractivity contribution in [2.45, 2.75) is 37.8 Å². The van der Waals surface area contributed by atoms with Gasteiger partial charge in [0.15, 0.2) is 0 Å². The Morgan fingerprint density at radius 3 is 2.42 bits per heavy atom. The number of carbonyl (C=O) groups excluding carboxylic acids is 1. The highest BCUT2D eigenvalue weighted by molar-refractivity contribution is 5.86. The molecule has 0 aromatic rings. The summed E-state index contributed by atoms with van der Waals surface area (Å²) in [7, 11) is 1.55. The fraction of sp³-hybridized carbons (Fsp3) is 0.833. The van der Waals surface area contributed by atoms with Crippen molar-refractivity contribution in [3.05, 3.63) is 0 Å². The molecule has 1 aliphatic heterocycles. The van der Waals surface area contributed by atoms with E-state index in [1.54, 1.807) is 7.11 Å². The van der Waals surface area contributed by atoms with Gasteiger partial charge in [-0.05, 0) is 13.8 Å². The minimum absolute atomic E-state index is 0.267. The van der Waals surface area contributed by atoms with Crippen molar-refractivity contribution in [2.75, 3.05) is 26.9 Å². The molecule has 0 saturated carbocycles. The van der Waals surface area contributed by atoms with Gasteiger partial charge in [-0.1, -0.05) is 0 Å². The second kappa shape index (κ2) is 6.21. The Morgan fingerprint density at radius 1 is 1.37 bits per heavy atom. The van der Waals surface area contributed by atoms with Gasteiger partial charge < -0.3 is 25.2 Å². The summed E-state index contributed by atoms with van der Waals surface area (Å²) in [5, 5.41) is 14.5. The zero-order valence-corrected chi connectivity index (χ0v) is 11.6. The Morgan fingerprint density at radius 2 is 1.95 bits per heavy atom. The highest BCUT2D eigenvalue weighted by Crippen LogP contribution is 2.21. The molecule has 0 aromatic carbocycles. The third-order valence-electron chi connectivity index (χ3n) is 3.34. The van der Waals surface area contributed by atoms with Crippen molar-refractivity contribution < 1.29 is 24.2 Å². The van der Waals surface area contributed by atoms with Crippen LogP contribution >= 0.6 is 0 Å². The molecule has 1 saturated heterocycles.